The number of rotatable bonds is 12. The van der Waals surface area contributed by atoms with E-state index in [0.29, 0.717) is 36.2 Å². The Morgan fingerprint density at radius 1 is 1.08 bits per heavy atom. The van der Waals surface area contributed by atoms with Crippen LogP contribution in [0.1, 0.15) is 49.7 Å². The lowest BCUT2D eigenvalue weighted by molar-refractivity contribution is 0.0983. The van der Waals surface area contributed by atoms with Crippen LogP contribution in [0.2, 0.25) is 0 Å². The molecule has 0 N–H and O–H groups in total. The number of unbranched alkanes of at least 4 members (excludes halogenated alkanes) is 1. The van der Waals surface area contributed by atoms with Crippen molar-refractivity contribution in [2.45, 2.75) is 45.1 Å². The smallest absolute Gasteiger partial charge is 0.260 e. The largest absolute Gasteiger partial charge is 0.494 e. The van der Waals surface area contributed by atoms with Crippen LogP contribution >= 0.6 is 11.3 Å². The van der Waals surface area contributed by atoms with Gasteiger partial charge in [0.05, 0.1) is 34.5 Å². The number of furan rings is 1. The quantitative estimate of drug-likeness (QED) is 0.220. The maximum Gasteiger partial charge on any atom is 0.260 e. The number of aromatic nitrogens is 1. The van der Waals surface area contributed by atoms with Crippen LogP contribution in [0, 0.1) is 0 Å². The van der Waals surface area contributed by atoms with Crippen molar-refractivity contribution in [2.24, 2.45) is 0 Å². The summed E-state index contributed by atoms with van der Waals surface area (Å²) >= 11 is 1.38. The lowest BCUT2D eigenvalue weighted by atomic mass is 10.2. The third-order valence-electron chi connectivity index (χ3n) is 5.88. The van der Waals surface area contributed by atoms with Gasteiger partial charge in [-0.05, 0) is 67.9 Å². The van der Waals surface area contributed by atoms with Gasteiger partial charge in [0.1, 0.15) is 11.5 Å². The third-order valence-corrected chi connectivity index (χ3v) is 8.91. The summed E-state index contributed by atoms with van der Waals surface area (Å²) in [5.41, 5.74) is 1.12. The van der Waals surface area contributed by atoms with E-state index in [-0.39, 0.29) is 17.3 Å². The zero-order chi connectivity index (χ0) is 26.4. The van der Waals surface area contributed by atoms with Gasteiger partial charge in [0.15, 0.2) is 5.13 Å². The maximum atomic E-state index is 13.7. The average Bonchev–Trinajstić information content (AvgIpc) is 3.57. The molecule has 0 saturated carbocycles. The second-order valence-corrected chi connectivity index (χ2v) is 11.4. The molecule has 0 aliphatic carbocycles. The van der Waals surface area contributed by atoms with Crippen LogP contribution in [0.4, 0.5) is 5.13 Å². The van der Waals surface area contributed by atoms with Gasteiger partial charge in [-0.1, -0.05) is 31.6 Å². The summed E-state index contributed by atoms with van der Waals surface area (Å²) in [6.07, 6.45) is 3.26. The van der Waals surface area contributed by atoms with Gasteiger partial charge in [0.2, 0.25) is 10.0 Å². The number of nitrogens with zero attached hydrogens (tertiary/aromatic N) is 3. The number of carbonyl (C=O) groups excluding carboxylic acids is 1. The van der Waals surface area contributed by atoms with Gasteiger partial charge in [-0.3, -0.25) is 9.69 Å². The van der Waals surface area contributed by atoms with Gasteiger partial charge in [0, 0.05) is 18.7 Å². The van der Waals surface area contributed by atoms with E-state index in [1.54, 1.807) is 35.4 Å². The number of carbonyl (C=O) groups is 1. The van der Waals surface area contributed by atoms with Crippen LogP contribution in [0.15, 0.2) is 70.2 Å². The van der Waals surface area contributed by atoms with Gasteiger partial charge >= 0.3 is 0 Å². The predicted molar refractivity (Wildman–Crippen MR) is 146 cm³/mol. The highest BCUT2D eigenvalue weighted by Gasteiger charge is 2.26. The minimum atomic E-state index is -3.63. The Hall–Kier alpha value is -3.21. The molecular weight excluding hydrogens is 510 g/mol. The first kappa shape index (κ1) is 26.8. The minimum absolute atomic E-state index is 0.169. The number of amides is 1. The van der Waals surface area contributed by atoms with Crippen molar-refractivity contribution in [3.63, 3.8) is 0 Å². The normalized spacial score (nSPS) is 11.8. The van der Waals surface area contributed by atoms with Crippen molar-refractivity contribution in [3.8, 4) is 5.75 Å². The van der Waals surface area contributed by atoms with Gasteiger partial charge in [0.25, 0.3) is 5.91 Å². The molecule has 10 heteroatoms. The van der Waals surface area contributed by atoms with Gasteiger partial charge in [-0.25, -0.2) is 13.4 Å². The van der Waals surface area contributed by atoms with E-state index in [4.69, 9.17) is 9.15 Å². The van der Waals surface area contributed by atoms with E-state index in [2.05, 4.69) is 4.98 Å². The molecule has 0 aliphatic heterocycles. The second kappa shape index (κ2) is 11.9. The van der Waals surface area contributed by atoms with E-state index >= 15 is 0 Å². The highest BCUT2D eigenvalue weighted by Crippen LogP contribution is 2.33. The van der Waals surface area contributed by atoms with Gasteiger partial charge < -0.3 is 9.15 Å². The summed E-state index contributed by atoms with van der Waals surface area (Å²) in [6.45, 7) is 7.38. The summed E-state index contributed by atoms with van der Waals surface area (Å²) < 4.78 is 39.7. The van der Waals surface area contributed by atoms with Crippen molar-refractivity contribution < 1.29 is 22.4 Å². The molecule has 0 spiro atoms. The maximum absolute atomic E-state index is 13.7. The summed E-state index contributed by atoms with van der Waals surface area (Å²) in [7, 11) is -3.63. The number of sulfonamides is 1. The number of hydrogen-bond donors (Lipinski definition) is 0. The lowest BCUT2D eigenvalue weighted by Gasteiger charge is -2.21. The molecule has 4 rings (SSSR count). The molecule has 2 heterocycles. The van der Waals surface area contributed by atoms with Crippen molar-refractivity contribution >= 4 is 42.6 Å². The molecule has 37 heavy (non-hydrogen) atoms. The molecule has 2 aromatic heterocycles. The number of fused-ring (bicyclic) bond motifs is 1. The van der Waals surface area contributed by atoms with E-state index in [9.17, 15) is 13.2 Å². The average molecular weight is 542 g/mol. The highest BCUT2D eigenvalue weighted by molar-refractivity contribution is 7.89. The molecule has 0 atom stereocenters. The fourth-order valence-corrected chi connectivity index (χ4v) is 6.39. The van der Waals surface area contributed by atoms with Gasteiger partial charge in [-0.15, -0.1) is 0 Å². The van der Waals surface area contributed by atoms with Crippen LogP contribution < -0.4 is 9.64 Å². The standard InChI is InChI=1S/C27H31N3O5S2/c1-4-7-16-29(5-2)37(32,33)23-13-10-20(11-14-23)26(31)30(19-22-9-8-17-35-22)27-28-24-15-12-21(34-6-3)18-25(24)36-27/h8-15,17-18H,4-7,16,19H2,1-3H3. The molecule has 0 unspecified atom stereocenters. The number of thiazole rings is 1. The molecule has 196 valence electrons. The molecule has 8 nitrogen and oxygen atoms in total. The zero-order valence-electron chi connectivity index (χ0n) is 21.2. The van der Waals surface area contributed by atoms with E-state index < -0.39 is 10.0 Å². The van der Waals surface area contributed by atoms with Crippen LogP contribution in [-0.4, -0.2) is 43.3 Å². The van der Waals surface area contributed by atoms with Crippen molar-refractivity contribution in [3.05, 3.63) is 72.2 Å². The van der Waals surface area contributed by atoms with Crippen molar-refractivity contribution in [2.75, 3.05) is 24.6 Å². The van der Waals surface area contributed by atoms with Crippen LogP contribution in [0.5, 0.6) is 5.75 Å². The number of benzene rings is 2. The molecule has 1 amide bonds. The van der Waals surface area contributed by atoms with E-state index in [0.717, 1.165) is 28.8 Å². The fraction of sp³-hybridized carbons (Fsp3) is 0.333. The first-order valence-corrected chi connectivity index (χ1v) is 14.6. The molecular formula is C27H31N3O5S2. The molecule has 0 fully saturated rings. The molecule has 0 bridgehead atoms. The summed E-state index contributed by atoms with van der Waals surface area (Å²) in [5.74, 6) is 1.05. The SMILES string of the molecule is CCCCN(CC)S(=O)(=O)c1ccc(C(=O)N(Cc2ccco2)c2nc3ccc(OCC)cc3s2)cc1. The Balaban J connectivity index is 1.64. The third kappa shape index (κ3) is 6.03. The molecule has 2 aromatic carbocycles. The molecule has 4 aromatic rings. The fourth-order valence-electron chi connectivity index (χ4n) is 3.91. The topological polar surface area (TPSA) is 93.0 Å². The summed E-state index contributed by atoms with van der Waals surface area (Å²) in [4.78, 5) is 20.1. The monoisotopic (exact) mass is 541 g/mol. The Morgan fingerprint density at radius 3 is 2.51 bits per heavy atom. The summed E-state index contributed by atoms with van der Waals surface area (Å²) in [6, 6.07) is 15.3. The van der Waals surface area contributed by atoms with E-state index in [1.807, 2.05) is 39.0 Å². The lowest BCUT2D eigenvalue weighted by Crippen LogP contribution is -2.32. The Morgan fingerprint density at radius 2 is 1.86 bits per heavy atom. The first-order valence-electron chi connectivity index (χ1n) is 12.3. The number of anilines is 1. The Bertz CT molecular complexity index is 1430. The highest BCUT2D eigenvalue weighted by atomic mass is 32.2. The zero-order valence-corrected chi connectivity index (χ0v) is 22.8. The molecule has 0 saturated heterocycles. The van der Waals surface area contributed by atoms with E-state index in [1.165, 1.54) is 27.8 Å². The van der Waals surface area contributed by atoms with Crippen LogP contribution in [-0.2, 0) is 16.6 Å². The minimum Gasteiger partial charge on any atom is -0.494 e. The van der Waals surface area contributed by atoms with Crippen molar-refractivity contribution in [1.29, 1.82) is 0 Å². The summed E-state index contributed by atoms with van der Waals surface area (Å²) in [5, 5.41) is 0.512. The Kier molecular flexibility index (Phi) is 8.63. The van der Waals surface area contributed by atoms with Crippen LogP contribution in [0.25, 0.3) is 10.2 Å². The second-order valence-electron chi connectivity index (χ2n) is 8.40. The Labute approximate surface area is 221 Å². The van der Waals surface area contributed by atoms with Crippen LogP contribution in [0.3, 0.4) is 0 Å². The van der Waals surface area contributed by atoms with Gasteiger partial charge in [-0.2, -0.15) is 4.31 Å². The molecule has 0 radical (unpaired) electrons. The predicted octanol–water partition coefficient (Wildman–Crippen LogP) is 5.95. The number of hydrogen-bond acceptors (Lipinski definition) is 7. The number of ether oxygens (including phenoxy) is 1. The molecule has 0 aliphatic rings. The first-order chi connectivity index (χ1) is 17.9. The van der Waals surface area contributed by atoms with Crippen molar-refractivity contribution in [1.82, 2.24) is 9.29 Å².